The molecule has 1 aromatic carbocycles. The Morgan fingerprint density at radius 2 is 2.05 bits per heavy atom. The Hall–Kier alpha value is -1.65. The summed E-state index contributed by atoms with van der Waals surface area (Å²) in [5.74, 6) is 0. The molecule has 0 fully saturated rings. The molecule has 0 saturated carbocycles. The number of benzene rings is 1. The second-order valence-electron chi connectivity index (χ2n) is 4.31. The molecule has 2 rings (SSSR count). The van der Waals surface area contributed by atoms with Gasteiger partial charge in [-0.3, -0.25) is 4.98 Å². The summed E-state index contributed by atoms with van der Waals surface area (Å²) >= 11 is 11.4. The van der Waals surface area contributed by atoms with Crippen LogP contribution in [0.3, 0.4) is 0 Å². The summed E-state index contributed by atoms with van der Waals surface area (Å²) in [4.78, 5) is 6.11. The Bertz CT molecular complexity index is 574. The Morgan fingerprint density at radius 3 is 2.70 bits per heavy atom. The molecule has 0 spiro atoms. The summed E-state index contributed by atoms with van der Waals surface area (Å²) in [7, 11) is 0. The van der Waals surface area contributed by atoms with E-state index in [0.717, 1.165) is 18.8 Å². The third kappa shape index (κ3) is 4.18. The molecule has 1 aromatic heterocycles. The summed E-state index contributed by atoms with van der Waals surface area (Å²) in [5, 5.41) is 4.59. The van der Waals surface area contributed by atoms with Crippen LogP contribution in [0.25, 0.3) is 0 Å². The van der Waals surface area contributed by atoms with Crippen LogP contribution in [0.4, 0.5) is 5.69 Å². The molecule has 104 valence electrons. The van der Waals surface area contributed by atoms with Crippen molar-refractivity contribution in [1.29, 1.82) is 0 Å². The lowest BCUT2D eigenvalue weighted by Gasteiger charge is -2.24. The first-order valence-electron chi connectivity index (χ1n) is 6.39. The lowest BCUT2D eigenvalue weighted by Crippen LogP contribution is -2.34. The maximum absolute atomic E-state index is 5.97. The average molecular weight is 306 g/mol. The number of pyridine rings is 1. The van der Waals surface area contributed by atoms with Crippen LogP contribution in [0, 0.1) is 0 Å². The standard InChI is InChI=1S/C15H16ClN3S/c1-2-19(11-12-6-8-17-9-7-12)15(20)18-14-5-3-4-13(16)10-14/h3-10H,2,11H2,1H3,(H,18,20). The third-order valence-corrected chi connectivity index (χ3v) is 3.46. The maximum atomic E-state index is 5.97. The highest BCUT2D eigenvalue weighted by atomic mass is 35.5. The van der Waals surface area contributed by atoms with Crippen LogP contribution in [0.1, 0.15) is 12.5 Å². The zero-order valence-electron chi connectivity index (χ0n) is 11.2. The molecule has 3 nitrogen and oxygen atoms in total. The van der Waals surface area contributed by atoms with Crippen molar-refractivity contribution < 1.29 is 0 Å². The van der Waals surface area contributed by atoms with Gasteiger partial charge in [-0.1, -0.05) is 17.7 Å². The van der Waals surface area contributed by atoms with Gasteiger partial charge >= 0.3 is 0 Å². The van der Waals surface area contributed by atoms with Gasteiger partial charge in [-0.15, -0.1) is 0 Å². The van der Waals surface area contributed by atoms with Crippen molar-refractivity contribution in [2.45, 2.75) is 13.5 Å². The zero-order valence-corrected chi connectivity index (χ0v) is 12.8. The number of nitrogens with one attached hydrogen (secondary N) is 1. The Morgan fingerprint density at radius 1 is 1.30 bits per heavy atom. The summed E-state index contributed by atoms with van der Waals surface area (Å²) in [5.41, 5.74) is 2.08. The maximum Gasteiger partial charge on any atom is 0.173 e. The molecule has 2 aromatic rings. The van der Waals surface area contributed by atoms with Crippen molar-refractivity contribution in [3.05, 3.63) is 59.4 Å². The van der Waals surface area contributed by atoms with Gasteiger partial charge in [0.15, 0.2) is 5.11 Å². The van der Waals surface area contributed by atoms with Crippen LogP contribution >= 0.6 is 23.8 Å². The molecular weight excluding hydrogens is 290 g/mol. The van der Waals surface area contributed by atoms with Gasteiger partial charge in [-0.2, -0.15) is 0 Å². The van der Waals surface area contributed by atoms with Crippen LogP contribution in [0.5, 0.6) is 0 Å². The molecule has 0 unspecified atom stereocenters. The fourth-order valence-electron chi connectivity index (χ4n) is 1.80. The Balaban J connectivity index is 2.02. The highest BCUT2D eigenvalue weighted by Gasteiger charge is 2.08. The van der Waals surface area contributed by atoms with Crippen molar-refractivity contribution in [3.63, 3.8) is 0 Å². The topological polar surface area (TPSA) is 28.2 Å². The van der Waals surface area contributed by atoms with Crippen LogP contribution in [-0.2, 0) is 6.54 Å². The quantitative estimate of drug-likeness (QED) is 0.866. The van der Waals surface area contributed by atoms with Crippen molar-refractivity contribution in [2.24, 2.45) is 0 Å². The number of thiocarbonyl (C=S) groups is 1. The number of anilines is 1. The molecule has 1 heterocycles. The van der Waals surface area contributed by atoms with Crippen LogP contribution in [-0.4, -0.2) is 21.5 Å². The van der Waals surface area contributed by atoms with Gasteiger partial charge in [-0.05, 0) is 55.0 Å². The minimum atomic E-state index is 0.687. The van der Waals surface area contributed by atoms with Gasteiger partial charge in [0.2, 0.25) is 0 Å². The lowest BCUT2D eigenvalue weighted by molar-refractivity contribution is 0.442. The smallest absolute Gasteiger partial charge is 0.173 e. The van der Waals surface area contributed by atoms with Crippen LogP contribution < -0.4 is 5.32 Å². The number of rotatable bonds is 4. The second kappa shape index (κ2) is 7.22. The first-order chi connectivity index (χ1) is 9.69. The van der Waals surface area contributed by atoms with Gasteiger partial charge in [0.25, 0.3) is 0 Å². The fraction of sp³-hybridized carbons (Fsp3) is 0.200. The van der Waals surface area contributed by atoms with E-state index in [1.807, 2.05) is 36.4 Å². The monoisotopic (exact) mass is 305 g/mol. The SMILES string of the molecule is CCN(Cc1ccncc1)C(=S)Nc1cccc(Cl)c1. The van der Waals surface area contributed by atoms with E-state index in [1.54, 1.807) is 12.4 Å². The Labute approximate surface area is 129 Å². The molecule has 0 aliphatic rings. The van der Waals surface area contributed by atoms with E-state index in [-0.39, 0.29) is 0 Å². The normalized spacial score (nSPS) is 10.1. The molecule has 20 heavy (non-hydrogen) atoms. The molecule has 5 heteroatoms. The zero-order chi connectivity index (χ0) is 14.4. The predicted molar refractivity (Wildman–Crippen MR) is 88.0 cm³/mol. The van der Waals surface area contributed by atoms with Gasteiger partial charge in [-0.25, -0.2) is 0 Å². The predicted octanol–water partition coefficient (Wildman–Crippen LogP) is 3.95. The van der Waals surface area contributed by atoms with Crippen LogP contribution in [0.2, 0.25) is 5.02 Å². The minimum absolute atomic E-state index is 0.687. The lowest BCUT2D eigenvalue weighted by atomic mass is 10.2. The van der Waals surface area contributed by atoms with E-state index in [4.69, 9.17) is 23.8 Å². The molecule has 0 radical (unpaired) electrons. The van der Waals surface area contributed by atoms with E-state index in [9.17, 15) is 0 Å². The van der Waals surface area contributed by atoms with E-state index in [0.29, 0.717) is 10.1 Å². The van der Waals surface area contributed by atoms with E-state index < -0.39 is 0 Å². The fourth-order valence-corrected chi connectivity index (χ4v) is 2.31. The molecule has 0 aliphatic heterocycles. The highest BCUT2D eigenvalue weighted by molar-refractivity contribution is 7.80. The van der Waals surface area contributed by atoms with Crippen molar-refractivity contribution in [2.75, 3.05) is 11.9 Å². The second-order valence-corrected chi connectivity index (χ2v) is 5.13. The molecule has 0 aliphatic carbocycles. The van der Waals surface area contributed by atoms with Gasteiger partial charge < -0.3 is 10.2 Å². The Kier molecular flexibility index (Phi) is 5.32. The summed E-state index contributed by atoms with van der Waals surface area (Å²) in [6.07, 6.45) is 3.58. The highest BCUT2D eigenvalue weighted by Crippen LogP contribution is 2.16. The van der Waals surface area contributed by atoms with E-state index >= 15 is 0 Å². The largest absolute Gasteiger partial charge is 0.345 e. The van der Waals surface area contributed by atoms with Gasteiger partial charge in [0.05, 0.1) is 0 Å². The molecule has 0 atom stereocenters. The van der Waals surface area contributed by atoms with Gasteiger partial charge in [0, 0.05) is 36.2 Å². The molecule has 0 saturated heterocycles. The van der Waals surface area contributed by atoms with Gasteiger partial charge in [0.1, 0.15) is 0 Å². The summed E-state index contributed by atoms with van der Waals surface area (Å²) < 4.78 is 0. The molecule has 0 bridgehead atoms. The van der Waals surface area contributed by atoms with E-state index in [2.05, 4.69) is 22.1 Å². The number of nitrogens with zero attached hydrogens (tertiary/aromatic N) is 2. The summed E-state index contributed by atoms with van der Waals surface area (Å²) in [6, 6.07) is 11.5. The number of hydrogen-bond donors (Lipinski definition) is 1. The number of hydrogen-bond acceptors (Lipinski definition) is 2. The van der Waals surface area contributed by atoms with E-state index in [1.165, 1.54) is 5.56 Å². The third-order valence-electron chi connectivity index (χ3n) is 2.87. The molecule has 0 amide bonds. The molecule has 1 N–H and O–H groups in total. The molecular formula is C15H16ClN3S. The van der Waals surface area contributed by atoms with Crippen LogP contribution in [0.15, 0.2) is 48.8 Å². The minimum Gasteiger partial charge on any atom is -0.345 e. The van der Waals surface area contributed by atoms with Crippen molar-refractivity contribution >= 4 is 34.6 Å². The average Bonchev–Trinajstić information content (AvgIpc) is 2.45. The number of halogens is 1. The first-order valence-corrected chi connectivity index (χ1v) is 7.18. The number of aromatic nitrogens is 1. The van der Waals surface area contributed by atoms with Crippen molar-refractivity contribution in [1.82, 2.24) is 9.88 Å². The first kappa shape index (κ1) is 14.8. The summed E-state index contributed by atoms with van der Waals surface area (Å²) in [6.45, 7) is 3.66. The van der Waals surface area contributed by atoms with Crippen molar-refractivity contribution in [3.8, 4) is 0 Å².